The van der Waals surface area contributed by atoms with Crippen molar-refractivity contribution in [2.24, 2.45) is 0 Å². The SMILES string of the molecule is CCCCOCCOc1nc(NCCC)nc(N(C)C)n1. The molecule has 0 spiro atoms. The first-order valence-corrected chi connectivity index (χ1v) is 7.55. The van der Waals surface area contributed by atoms with Crippen molar-refractivity contribution in [3.8, 4) is 6.01 Å². The normalized spacial score (nSPS) is 10.5. The Morgan fingerprint density at radius 3 is 2.48 bits per heavy atom. The second-order valence-corrected chi connectivity index (χ2v) is 4.88. The van der Waals surface area contributed by atoms with E-state index in [2.05, 4.69) is 34.1 Å². The molecule has 0 radical (unpaired) electrons. The lowest BCUT2D eigenvalue weighted by molar-refractivity contribution is 0.0948. The van der Waals surface area contributed by atoms with E-state index in [4.69, 9.17) is 9.47 Å². The predicted molar refractivity (Wildman–Crippen MR) is 84.2 cm³/mol. The zero-order chi connectivity index (χ0) is 15.5. The van der Waals surface area contributed by atoms with Crippen LogP contribution in [-0.2, 0) is 4.74 Å². The molecule has 0 aromatic carbocycles. The van der Waals surface area contributed by atoms with Crippen LogP contribution in [0.3, 0.4) is 0 Å². The molecule has 0 saturated heterocycles. The Morgan fingerprint density at radius 2 is 1.81 bits per heavy atom. The minimum atomic E-state index is 0.325. The van der Waals surface area contributed by atoms with E-state index in [1.807, 2.05) is 19.0 Å². The highest BCUT2D eigenvalue weighted by Gasteiger charge is 2.08. The van der Waals surface area contributed by atoms with E-state index in [0.29, 0.717) is 31.1 Å². The standard InChI is InChI=1S/C14H27N5O2/c1-5-7-9-20-10-11-21-14-17-12(15-8-6-2)16-13(18-14)19(3)4/h5-11H2,1-4H3,(H,15,16,17,18). The van der Waals surface area contributed by atoms with Crippen LogP contribution in [-0.4, -0.2) is 55.4 Å². The number of hydrogen-bond donors (Lipinski definition) is 1. The van der Waals surface area contributed by atoms with Gasteiger partial charge in [-0.05, 0) is 12.8 Å². The lowest BCUT2D eigenvalue weighted by Crippen LogP contribution is -2.17. The van der Waals surface area contributed by atoms with Crippen LogP contribution in [0.5, 0.6) is 6.01 Å². The Morgan fingerprint density at radius 1 is 1.00 bits per heavy atom. The third kappa shape index (κ3) is 7.08. The van der Waals surface area contributed by atoms with E-state index in [0.717, 1.165) is 32.4 Å². The van der Waals surface area contributed by atoms with Crippen LogP contribution in [0.15, 0.2) is 0 Å². The first kappa shape index (κ1) is 17.4. The fraction of sp³-hybridized carbons (Fsp3) is 0.786. The molecular weight excluding hydrogens is 270 g/mol. The van der Waals surface area contributed by atoms with Crippen molar-refractivity contribution in [1.29, 1.82) is 0 Å². The Kier molecular flexibility index (Phi) is 8.42. The molecule has 0 aliphatic heterocycles. The van der Waals surface area contributed by atoms with Crippen molar-refractivity contribution in [2.75, 3.05) is 50.7 Å². The molecule has 1 rings (SSSR count). The number of nitrogens with zero attached hydrogens (tertiary/aromatic N) is 4. The summed E-state index contributed by atoms with van der Waals surface area (Å²) in [4.78, 5) is 14.7. The maximum absolute atomic E-state index is 5.54. The predicted octanol–water partition coefficient (Wildman–Crippen LogP) is 1.95. The molecule has 21 heavy (non-hydrogen) atoms. The molecule has 0 amide bonds. The molecule has 1 aromatic rings. The van der Waals surface area contributed by atoms with E-state index < -0.39 is 0 Å². The van der Waals surface area contributed by atoms with Crippen LogP contribution in [0.1, 0.15) is 33.1 Å². The molecule has 0 aliphatic rings. The largest absolute Gasteiger partial charge is 0.461 e. The van der Waals surface area contributed by atoms with Gasteiger partial charge in [0.1, 0.15) is 6.61 Å². The summed E-state index contributed by atoms with van der Waals surface area (Å²) in [5.74, 6) is 1.11. The zero-order valence-corrected chi connectivity index (χ0v) is 13.6. The molecule has 0 saturated carbocycles. The maximum Gasteiger partial charge on any atom is 0.323 e. The molecule has 0 aliphatic carbocycles. The Labute approximate surface area is 127 Å². The van der Waals surface area contributed by atoms with E-state index >= 15 is 0 Å². The quantitative estimate of drug-likeness (QED) is 0.626. The second-order valence-electron chi connectivity index (χ2n) is 4.88. The summed E-state index contributed by atoms with van der Waals surface area (Å²) < 4.78 is 11.0. The van der Waals surface area contributed by atoms with Gasteiger partial charge in [0.05, 0.1) is 6.61 Å². The highest BCUT2D eigenvalue weighted by Crippen LogP contribution is 2.13. The summed E-state index contributed by atoms with van der Waals surface area (Å²) in [6, 6.07) is 0.325. The minimum Gasteiger partial charge on any atom is -0.461 e. The highest BCUT2D eigenvalue weighted by molar-refractivity contribution is 5.36. The van der Waals surface area contributed by atoms with Gasteiger partial charge < -0.3 is 19.7 Å². The molecule has 0 atom stereocenters. The molecule has 0 unspecified atom stereocenters. The average Bonchev–Trinajstić information content (AvgIpc) is 2.48. The molecule has 7 heteroatoms. The summed E-state index contributed by atoms with van der Waals surface area (Å²) in [6.07, 6.45) is 3.21. The molecule has 1 aromatic heterocycles. The average molecular weight is 297 g/mol. The minimum absolute atomic E-state index is 0.325. The van der Waals surface area contributed by atoms with Crippen LogP contribution in [0.25, 0.3) is 0 Å². The number of aromatic nitrogens is 3. The summed E-state index contributed by atoms with van der Waals surface area (Å²) in [7, 11) is 3.77. The Hall–Kier alpha value is -1.63. The fourth-order valence-electron chi connectivity index (χ4n) is 1.47. The monoisotopic (exact) mass is 297 g/mol. The third-order valence-corrected chi connectivity index (χ3v) is 2.64. The number of hydrogen-bond acceptors (Lipinski definition) is 7. The number of anilines is 2. The lowest BCUT2D eigenvalue weighted by atomic mass is 10.4. The van der Waals surface area contributed by atoms with Crippen molar-refractivity contribution in [3.05, 3.63) is 0 Å². The molecule has 0 bridgehead atoms. The fourth-order valence-corrected chi connectivity index (χ4v) is 1.47. The maximum atomic E-state index is 5.54. The molecule has 120 valence electrons. The smallest absolute Gasteiger partial charge is 0.323 e. The second kappa shape index (κ2) is 10.1. The molecular formula is C14H27N5O2. The van der Waals surface area contributed by atoms with Gasteiger partial charge in [-0.3, -0.25) is 0 Å². The van der Waals surface area contributed by atoms with Gasteiger partial charge in [-0.15, -0.1) is 0 Å². The van der Waals surface area contributed by atoms with Gasteiger partial charge in [0.2, 0.25) is 11.9 Å². The lowest BCUT2D eigenvalue weighted by Gasteiger charge is -2.13. The Bertz CT molecular complexity index is 401. The summed E-state index contributed by atoms with van der Waals surface area (Å²) in [6.45, 7) is 6.79. The van der Waals surface area contributed by atoms with Crippen LogP contribution in [0.2, 0.25) is 0 Å². The number of unbranched alkanes of at least 4 members (excludes halogenated alkanes) is 1. The third-order valence-electron chi connectivity index (χ3n) is 2.64. The summed E-state index contributed by atoms with van der Waals surface area (Å²) >= 11 is 0. The summed E-state index contributed by atoms with van der Waals surface area (Å²) in [5.41, 5.74) is 0. The molecule has 1 N–H and O–H groups in total. The van der Waals surface area contributed by atoms with Crippen molar-refractivity contribution >= 4 is 11.9 Å². The van der Waals surface area contributed by atoms with Gasteiger partial charge in [0.25, 0.3) is 0 Å². The van der Waals surface area contributed by atoms with Crippen molar-refractivity contribution in [1.82, 2.24) is 15.0 Å². The summed E-state index contributed by atoms with van der Waals surface area (Å²) in [5, 5.41) is 3.15. The first-order valence-electron chi connectivity index (χ1n) is 7.55. The number of ether oxygens (including phenoxy) is 2. The van der Waals surface area contributed by atoms with Gasteiger partial charge in [0.15, 0.2) is 0 Å². The van der Waals surface area contributed by atoms with Crippen LogP contribution >= 0.6 is 0 Å². The van der Waals surface area contributed by atoms with E-state index in [9.17, 15) is 0 Å². The highest BCUT2D eigenvalue weighted by atomic mass is 16.5. The molecule has 7 nitrogen and oxygen atoms in total. The van der Waals surface area contributed by atoms with Crippen molar-refractivity contribution < 1.29 is 9.47 Å². The van der Waals surface area contributed by atoms with Gasteiger partial charge in [0, 0.05) is 27.2 Å². The van der Waals surface area contributed by atoms with Gasteiger partial charge in [-0.25, -0.2) is 0 Å². The van der Waals surface area contributed by atoms with Gasteiger partial charge >= 0.3 is 6.01 Å². The van der Waals surface area contributed by atoms with Gasteiger partial charge in [-0.1, -0.05) is 20.3 Å². The van der Waals surface area contributed by atoms with Crippen LogP contribution in [0, 0.1) is 0 Å². The van der Waals surface area contributed by atoms with Gasteiger partial charge in [-0.2, -0.15) is 15.0 Å². The van der Waals surface area contributed by atoms with E-state index in [-0.39, 0.29) is 0 Å². The Balaban J connectivity index is 2.52. The number of nitrogens with one attached hydrogen (secondary N) is 1. The number of rotatable bonds is 11. The molecule has 0 fully saturated rings. The topological polar surface area (TPSA) is 72.4 Å². The van der Waals surface area contributed by atoms with E-state index in [1.165, 1.54) is 0 Å². The van der Waals surface area contributed by atoms with E-state index in [1.54, 1.807) is 0 Å². The van der Waals surface area contributed by atoms with Crippen LogP contribution < -0.4 is 15.0 Å². The van der Waals surface area contributed by atoms with Crippen molar-refractivity contribution in [3.63, 3.8) is 0 Å². The molecule has 1 heterocycles. The van der Waals surface area contributed by atoms with Crippen molar-refractivity contribution in [2.45, 2.75) is 33.1 Å². The zero-order valence-electron chi connectivity index (χ0n) is 13.6. The van der Waals surface area contributed by atoms with Crippen LogP contribution in [0.4, 0.5) is 11.9 Å². The first-order chi connectivity index (χ1) is 10.2.